The van der Waals surface area contributed by atoms with E-state index in [0.717, 1.165) is 26.0 Å². The van der Waals surface area contributed by atoms with Crippen molar-refractivity contribution >= 4 is 27.3 Å². The number of sulfonamides is 1. The highest BCUT2D eigenvalue weighted by Gasteiger charge is 2.43. The summed E-state index contributed by atoms with van der Waals surface area (Å²) in [4.78, 5) is 13.2. The van der Waals surface area contributed by atoms with Crippen molar-refractivity contribution in [2.75, 3.05) is 0 Å². The monoisotopic (exact) mass is 493 g/mol. The number of rotatable bonds is 7. The highest BCUT2D eigenvalue weighted by Crippen LogP contribution is 2.42. The number of fused-ring (bicyclic) bond motifs is 1. The van der Waals surface area contributed by atoms with Crippen molar-refractivity contribution in [3.63, 3.8) is 0 Å². The molecule has 0 saturated carbocycles. The fourth-order valence-corrected chi connectivity index (χ4v) is 7.60. The second-order valence-electron chi connectivity index (χ2n) is 8.17. The molecule has 0 amide bonds. The molecule has 5 rings (SSSR count). The molecule has 1 aliphatic heterocycles. The zero-order chi connectivity index (χ0) is 23.9. The third-order valence-corrected chi connectivity index (χ3v) is 9.19. The number of carboxylic acids is 1. The quantitative estimate of drug-likeness (QED) is 0.403. The molecular formula is C25H23N3O4S2. The Kier molecular flexibility index (Phi) is 5.85. The number of hydrogen-bond acceptors (Lipinski definition) is 5. The zero-order valence-corrected chi connectivity index (χ0v) is 20.1. The van der Waals surface area contributed by atoms with Gasteiger partial charge in [-0.3, -0.25) is 9.48 Å². The predicted octanol–water partition coefficient (Wildman–Crippen LogP) is 4.69. The molecule has 1 atom stereocenters. The minimum Gasteiger partial charge on any atom is -0.480 e. The Morgan fingerprint density at radius 1 is 1.09 bits per heavy atom. The topological polar surface area (TPSA) is 92.5 Å². The summed E-state index contributed by atoms with van der Waals surface area (Å²) in [5.41, 5.74) is 3.94. The molecule has 34 heavy (non-hydrogen) atoms. The molecular weight excluding hydrogens is 470 g/mol. The van der Waals surface area contributed by atoms with Crippen LogP contribution in [0.5, 0.6) is 0 Å². The van der Waals surface area contributed by atoms with E-state index in [0.29, 0.717) is 11.4 Å². The van der Waals surface area contributed by atoms with Gasteiger partial charge in [0.1, 0.15) is 6.04 Å². The van der Waals surface area contributed by atoms with Crippen molar-refractivity contribution < 1.29 is 18.3 Å². The zero-order valence-electron chi connectivity index (χ0n) is 18.5. The molecule has 9 heteroatoms. The summed E-state index contributed by atoms with van der Waals surface area (Å²) in [5, 5.41) is 14.1. The van der Waals surface area contributed by atoms with E-state index in [1.54, 1.807) is 13.0 Å². The number of hydrogen-bond donors (Lipinski definition) is 1. The van der Waals surface area contributed by atoms with Crippen LogP contribution < -0.4 is 0 Å². The number of aromatic nitrogens is 2. The van der Waals surface area contributed by atoms with E-state index in [9.17, 15) is 18.3 Å². The highest BCUT2D eigenvalue weighted by molar-refractivity contribution is 7.89. The maximum absolute atomic E-state index is 13.0. The van der Waals surface area contributed by atoms with E-state index in [2.05, 4.69) is 17.2 Å². The van der Waals surface area contributed by atoms with Gasteiger partial charge in [-0.15, -0.1) is 11.3 Å². The van der Waals surface area contributed by atoms with E-state index < -0.39 is 22.0 Å². The van der Waals surface area contributed by atoms with Gasteiger partial charge in [0.05, 0.1) is 23.7 Å². The average Bonchev–Trinajstić information content (AvgIpc) is 3.52. The summed E-state index contributed by atoms with van der Waals surface area (Å²) in [6.45, 7) is 2.48. The summed E-state index contributed by atoms with van der Waals surface area (Å²) in [5.74, 6) is -1.12. The third-order valence-electron chi connectivity index (χ3n) is 5.97. The highest BCUT2D eigenvalue weighted by atomic mass is 32.2. The normalized spacial score (nSPS) is 15.8. The fraction of sp³-hybridized carbons (Fsp3) is 0.200. The van der Waals surface area contributed by atoms with Crippen molar-refractivity contribution in [2.45, 2.75) is 37.4 Å². The number of benzene rings is 2. The molecule has 2 aromatic carbocycles. The lowest BCUT2D eigenvalue weighted by Gasteiger charge is -2.21. The molecule has 1 aliphatic rings. The van der Waals surface area contributed by atoms with Crippen LogP contribution in [0.2, 0.25) is 0 Å². The first-order valence-electron chi connectivity index (χ1n) is 10.9. The first-order valence-corrected chi connectivity index (χ1v) is 13.2. The summed E-state index contributed by atoms with van der Waals surface area (Å²) in [6, 6.07) is 20.6. The molecule has 0 aliphatic carbocycles. The Balaban J connectivity index is 1.35. The van der Waals surface area contributed by atoms with Crippen molar-refractivity contribution in [3.8, 4) is 21.7 Å². The molecule has 0 fully saturated rings. The lowest BCUT2D eigenvalue weighted by atomic mass is 10.1. The molecule has 0 saturated heterocycles. The van der Waals surface area contributed by atoms with Crippen LogP contribution in [0.4, 0.5) is 0 Å². The van der Waals surface area contributed by atoms with Crippen LogP contribution in [0, 0.1) is 0 Å². The van der Waals surface area contributed by atoms with Gasteiger partial charge in [0.2, 0.25) is 10.0 Å². The maximum atomic E-state index is 13.0. The Morgan fingerprint density at radius 3 is 2.44 bits per heavy atom. The lowest BCUT2D eigenvalue weighted by molar-refractivity contribution is -0.141. The predicted molar refractivity (Wildman–Crippen MR) is 131 cm³/mol. The van der Waals surface area contributed by atoms with Crippen LogP contribution in [-0.2, 0) is 27.9 Å². The average molecular weight is 494 g/mol. The van der Waals surface area contributed by atoms with E-state index in [1.165, 1.54) is 16.9 Å². The van der Waals surface area contributed by atoms with E-state index in [-0.39, 0.29) is 17.9 Å². The van der Waals surface area contributed by atoms with Crippen LogP contribution in [0.15, 0.2) is 77.8 Å². The van der Waals surface area contributed by atoms with Crippen LogP contribution in [-0.4, -0.2) is 39.6 Å². The molecule has 4 aromatic rings. The van der Waals surface area contributed by atoms with Crippen molar-refractivity contribution in [1.82, 2.24) is 14.1 Å². The minimum atomic E-state index is -3.81. The van der Waals surface area contributed by atoms with Crippen molar-refractivity contribution in [2.24, 2.45) is 0 Å². The minimum absolute atomic E-state index is 0.101. The number of carboxylic acid groups (broad SMARTS) is 1. The maximum Gasteiger partial charge on any atom is 0.322 e. The van der Waals surface area contributed by atoms with Gasteiger partial charge in [-0.05, 0) is 29.7 Å². The molecule has 0 spiro atoms. The van der Waals surface area contributed by atoms with Gasteiger partial charge < -0.3 is 5.11 Å². The molecule has 3 heterocycles. The van der Waals surface area contributed by atoms with Gasteiger partial charge in [-0.1, -0.05) is 61.5 Å². The van der Waals surface area contributed by atoms with Crippen molar-refractivity contribution in [3.05, 3.63) is 83.4 Å². The molecule has 174 valence electrons. The summed E-state index contributed by atoms with van der Waals surface area (Å²) in [7, 11) is -3.81. The molecule has 2 aromatic heterocycles. The van der Waals surface area contributed by atoms with Gasteiger partial charge in [0.25, 0.3) is 0 Å². The Bertz CT molecular complexity index is 1440. The van der Waals surface area contributed by atoms with E-state index >= 15 is 0 Å². The smallest absolute Gasteiger partial charge is 0.322 e. The van der Waals surface area contributed by atoms with Crippen LogP contribution in [0.25, 0.3) is 21.7 Å². The van der Waals surface area contributed by atoms with Gasteiger partial charge in [0, 0.05) is 21.5 Å². The number of thiophene rings is 1. The first kappa shape index (κ1) is 22.5. The van der Waals surface area contributed by atoms with Gasteiger partial charge in [0.15, 0.2) is 0 Å². The number of aliphatic carboxylic acids is 1. The molecule has 0 radical (unpaired) electrons. The second-order valence-corrected chi connectivity index (χ2v) is 11.2. The number of nitrogens with zero attached hydrogens (tertiary/aromatic N) is 3. The van der Waals surface area contributed by atoms with Gasteiger partial charge in [-0.25, -0.2) is 8.42 Å². The lowest BCUT2D eigenvalue weighted by Crippen LogP contribution is -2.40. The largest absolute Gasteiger partial charge is 0.480 e. The van der Waals surface area contributed by atoms with Gasteiger partial charge in [-0.2, -0.15) is 9.40 Å². The Hall–Kier alpha value is -3.27. The second kappa shape index (κ2) is 8.83. The molecule has 7 nitrogen and oxygen atoms in total. The third kappa shape index (κ3) is 4.06. The standard InChI is InChI=1S/C25H23N3O4S2/c1-2-21(25(29)30)28-16-23-24(34(28,31)32)14-22(33-23)19-10-8-18(9-11-19)20-12-13-27(26-20)15-17-6-4-3-5-7-17/h3-14,21H,2,15-16H2,1H3,(H,29,30). The fourth-order valence-electron chi connectivity index (χ4n) is 4.19. The van der Waals surface area contributed by atoms with Crippen LogP contribution in [0.1, 0.15) is 23.8 Å². The van der Waals surface area contributed by atoms with E-state index in [4.69, 9.17) is 0 Å². The van der Waals surface area contributed by atoms with E-state index in [1.807, 2.05) is 59.4 Å². The van der Waals surface area contributed by atoms with Crippen LogP contribution >= 0.6 is 11.3 Å². The Labute approximate surface area is 202 Å². The van der Waals surface area contributed by atoms with Gasteiger partial charge >= 0.3 is 5.97 Å². The summed E-state index contributed by atoms with van der Waals surface area (Å²) >= 11 is 1.39. The first-order chi connectivity index (χ1) is 16.4. The summed E-state index contributed by atoms with van der Waals surface area (Å²) in [6.07, 6.45) is 2.18. The Morgan fingerprint density at radius 2 is 1.79 bits per heavy atom. The molecule has 1 N–H and O–H groups in total. The summed E-state index contributed by atoms with van der Waals surface area (Å²) < 4.78 is 28.9. The molecule has 1 unspecified atom stereocenters. The number of carbonyl (C=O) groups is 1. The SMILES string of the molecule is CCC(C(=O)O)N1Cc2sc(-c3ccc(-c4ccn(Cc5ccccc5)n4)cc3)cc2S1(=O)=O. The van der Waals surface area contributed by atoms with Crippen LogP contribution in [0.3, 0.4) is 0 Å². The van der Waals surface area contributed by atoms with Crippen molar-refractivity contribution in [1.29, 1.82) is 0 Å². The molecule has 0 bridgehead atoms.